The summed E-state index contributed by atoms with van der Waals surface area (Å²) in [5.74, 6) is 1.01. The minimum absolute atomic E-state index is 0.00891. The van der Waals surface area contributed by atoms with Gasteiger partial charge >= 0.3 is 0 Å². The highest BCUT2D eigenvalue weighted by Crippen LogP contribution is 2.38. The Labute approximate surface area is 125 Å². The van der Waals surface area contributed by atoms with Gasteiger partial charge in [0.15, 0.2) is 0 Å². The van der Waals surface area contributed by atoms with Gasteiger partial charge < -0.3 is 4.90 Å². The van der Waals surface area contributed by atoms with Crippen molar-refractivity contribution >= 4 is 17.2 Å². The summed E-state index contributed by atoms with van der Waals surface area (Å²) in [7, 11) is 0. The molecule has 2 fully saturated rings. The molecule has 1 aromatic rings. The minimum atomic E-state index is 0.00891. The van der Waals surface area contributed by atoms with Gasteiger partial charge in [0.2, 0.25) is 5.91 Å². The van der Waals surface area contributed by atoms with Crippen LogP contribution in [0, 0.1) is 5.92 Å². The first kappa shape index (κ1) is 14.1. The van der Waals surface area contributed by atoms with Gasteiger partial charge in [-0.15, -0.1) is 11.3 Å². The summed E-state index contributed by atoms with van der Waals surface area (Å²) >= 11 is 1.74. The van der Waals surface area contributed by atoms with Crippen LogP contribution in [0.3, 0.4) is 0 Å². The lowest BCUT2D eigenvalue weighted by molar-refractivity contribution is -0.134. The van der Waals surface area contributed by atoms with E-state index in [4.69, 9.17) is 0 Å². The van der Waals surface area contributed by atoms with E-state index < -0.39 is 0 Å². The second-order valence-electron chi connectivity index (χ2n) is 6.10. The van der Waals surface area contributed by atoms with E-state index in [2.05, 4.69) is 41.6 Å². The van der Waals surface area contributed by atoms with Crippen molar-refractivity contribution in [1.29, 1.82) is 0 Å². The van der Waals surface area contributed by atoms with Crippen molar-refractivity contribution in [3.8, 4) is 0 Å². The van der Waals surface area contributed by atoms with Gasteiger partial charge in [0.25, 0.3) is 0 Å². The molecule has 110 valence electrons. The molecule has 3 rings (SSSR count). The molecule has 0 bridgehead atoms. The summed E-state index contributed by atoms with van der Waals surface area (Å²) in [4.78, 5) is 16.2. The maximum atomic E-state index is 12.8. The summed E-state index contributed by atoms with van der Waals surface area (Å²) in [5, 5.41) is 5.66. The number of nitrogens with zero attached hydrogens (tertiary/aromatic N) is 1. The number of amides is 1. The first-order valence-corrected chi connectivity index (χ1v) is 8.72. The molecule has 2 heterocycles. The maximum Gasteiger partial charge on any atom is 0.241 e. The average Bonchev–Trinajstić information content (AvgIpc) is 2.96. The van der Waals surface area contributed by atoms with Gasteiger partial charge in [0.05, 0.1) is 6.04 Å². The second-order valence-corrected chi connectivity index (χ2v) is 7.08. The van der Waals surface area contributed by atoms with Crippen LogP contribution < -0.4 is 5.32 Å². The van der Waals surface area contributed by atoms with Gasteiger partial charge in [0, 0.05) is 10.9 Å². The van der Waals surface area contributed by atoms with Crippen LogP contribution in [-0.4, -0.2) is 22.9 Å². The molecule has 0 aromatic carbocycles. The van der Waals surface area contributed by atoms with Crippen LogP contribution >= 0.6 is 11.3 Å². The van der Waals surface area contributed by atoms with Crippen LogP contribution in [0.2, 0.25) is 0 Å². The van der Waals surface area contributed by atoms with E-state index in [0.29, 0.717) is 17.9 Å². The fraction of sp³-hybridized carbons (Fsp3) is 0.688. The predicted molar refractivity (Wildman–Crippen MR) is 82.5 cm³/mol. The van der Waals surface area contributed by atoms with E-state index in [1.165, 1.54) is 24.1 Å². The first-order chi connectivity index (χ1) is 9.72. The second kappa shape index (κ2) is 5.86. The Morgan fingerprint density at radius 1 is 1.50 bits per heavy atom. The number of thiophene rings is 1. The lowest BCUT2D eigenvalue weighted by Crippen LogP contribution is -2.44. The van der Waals surface area contributed by atoms with Crippen molar-refractivity contribution in [1.82, 2.24) is 10.2 Å². The molecule has 3 nitrogen and oxygen atoms in total. The molecule has 0 spiro atoms. The smallest absolute Gasteiger partial charge is 0.241 e. The van der Waals surface area contributed by atoms with Crippen LogP contribution in [0.5, 0.6) is 0 Å². The average molecular weight is 292 g/mol. The number of carbonyl (C=O) groups excluding carboxylic acids is 1. The highest BCUT2D eigenvalue weighted by atomic mass is 32.1. The lowest BCUT2D eigenvalue weighted by Gasteiger charge is -2.39. The molecule has 1 aliphatic heterocycles. The normalized spacial score (nSPS) is 28.7. The molecule has 3 unspecified atom stereocenters. The van der Waals surface area contributed by atoms with E-state index in [-0.39, 0.29) is 12.2 Å². The number of rotatable bonds is 5. The number of hydrogen-bond acceptors (Lipinski definition) is 3. The van der Waals surface area contributed by atoms with Gasteiger partial charge in [-0.1, -0.05) is 25.8 Å². The zero-order chi connectivity index (χ0) is 14.1. The molecular weight excluding hydrogens is 268 g/mol. The topological polar surface area (TPSA) is 32.3 Å². The van der Waals surface area contributed by atoms with Crippen molar-refractivity contribution in [3.05, 3.63) is 22.4 Å². The fourth-order valence-electron chi connectivity index (χ4n) is 3.40. The summed E-state index contributed by atoms with van der Waals surface area (Å²) in [6.45, 7) is 4.38. The molecule has 1 saturated heterocycles. The molecular formula is C16H24N2OS. The molecule has 1 aromatic heterocycles. The number of nitrogens with one attached hydrogen (secondary N) is 1. The zero-order valence-electron chi connectivity index (χ0n) is 12.3. The molecule has 1 aliphatic carbocycles. The molecule has 3 atom stereocenters. The van der Waals surface area contributed by atoms with E-state index in [1.807, 2.05) is 0 Å². The van der Waals surface area contributed by atoms with Crippen molar-refractivity contribution in [2.75, 3.05) is 0 Å². The SMILES string of the molecule is CCCC1NC(c2cccs2)N(C(C)C2CCC2)C1=O. The van der Waals surface area contributed by atoms with E-state index in [0.717, 1.165) is 12.8 Å². The Morgan fingerprint density at radius 3 is 2.85 bits per heavy atom. The Balaban J connectivity index is 1.83. The third kappa shape index (κ3) is 2.40. The van der Waals surface area contributed by atoms with Gasteiger partial charge in [-0.2, -0.15) is 0 Å². The highest BCUT2D eigenvalue weighted by molar-refractivity contribution is 7.10. The maximum absolute atomic E-state index is 12.8. The summed E-state index contributed by atoms with van der Waals surface area (Å²) in [6, 6.07) is 4.59. The number of hydrogen-bond donors (Lipinski definition) is 1. The summed E-state index contributed by atoms with van der Waals surface area (Å²) < 4.78 is 0. The van der Waals surface area contributed by atoms with E-state index in [9.17, 15) is 4.79 Å². The Kier molecular flexibility index (Phi) is 4.13. The molecule has 2 aliphatic rings. The van der Waals surface area contributed by atoms with Gasteiger partial charge in [-0.3, -0.25) is 10.1 Å². The molecule has 1 saturated carbocycles. The first-order valence-electron chi connectivity index (χ1n) is 7.84. The summed E-state index contributed by atoms with van der Waals surface area (Å²) in [6.07, 6.45) is 5.96. The highest BCUT2D eigenvalue weighted by Gasteiger charge is 2.44. The third-order valence-electron chi connectivity index (χ3n) is 4.85. The molecule has 0 radical (unpaired) electrons. The lowest BCUT2D eigenvalue weighted by atomic mass is 9.79. The quantitative estimate of drug-likeness (QED) is 0.900. The van der Waals surface area contributed by atoms with Gasteiger partial charge in [-0.25, -0.2) is 0 Å². The van der Waals surface area contributed by atoms with Crippen molar-refractivity contribution in [2.24, 2.45) is 5.92 Å². The van der Waals surface area contributed by atoms with Crippen molar-refractivity contribution in [2.45, 2.75) is 64.2 Å². The molecule has 1 N–H and O–H groups in total. The van der Waals surface area contributed by atoms with E-state index in [1.54, 1.807) is 11.3 Å². The zero-order valence-corrected chi connectivity index (χ0v) is 13.2. The van der Waals surface area contributed by atoms with Gasteiger partial charge in [-0.05, 0) is 43.6 Å². The van der Waals surface area contributed by atoms with Crippen molar-refractivity contribution in [3.63, 3.8) is 0 Å². The molecule has 4 heteroatoms. The van der Waals surface area contributed by atoms with Crippen molar-refractivity contribution < 1.29 is 4.79 Å². The predicted octanol–water partition coefficient (Wildman–Crippen LogP) is 3.54. The Hall–Kier alpha value is -0.870. The Bertz CT molecular complexity index is 455. The van der Waals surface area contributed by atoms with Crippen LogP contribution in [0.15, 0.2) is 17.5 Å². The molecule has 1 amide bonds. The van der Waals surface area contributed by atoms with Crippen LogP contribution in [-0.2, 0) is 4.79 Å². The molecule has 20 heavy (non-hydrogen) atoms. The Morgan fingerprint density at radius 2 is 2.30 bits per heavy atom. The van der Waals surface area contributed by atoms with Crippen LogP contribution in [0.1, 0.15) is 57.0 Å². The third-order valence-corrected chi connectivity index (χ3v) is 5.78. The van der Waals surface area contributed by atoms with Crippen LogP contribution in [0.4, 0.5) is 0 Å². The van der Waals surface area contributed by atoms with Gasteiger partial charge in [0.1, 0.15) is 6.17 Å². The minimum Gasteiger partial charge on any atom is -0.318 e. The standard InChI is InChI=1S/C16H24N2OS/c1-3-6-13-16(19)18(11(2)12-7-4-8-12)15(17-13)14-9-5-10-20-14/h5,9-13,15,17H,3-4,6-8H2,1-2H3. The largest absolute Gasteiger partial charge is 0.318 e. The van der Waals surface area contributed by atoms with Crippen LogP contribution in [0.25, 0.3) is 0 Å². The van der Waals surface area contributed by atoms with E-state index >= 15 is 0 Å². The number of carbonyl (C=O) groups is 1. The summed E-state index contributed by atoms with van der Waals surface area (Å²) in [5.41, 5.74) is 0. The fourth-order valence-corrected chi connectivity index (χ4v) is 4.18. The monoisotopic (exact) mass is 292 g/mol.